The fraction of sp³-hybridized carbons (Fsp3) is 0.304. The molecule has 0 radical (unpaired) electrons. The number of hydrogen-bond acceptors (Lipinski definition) is 4. The van der Waals surface area contributed by atoms with Crippen molar-refractivity contribution in [3.05, 3.63) is 52.6 Å². The predicted molar refractivity (Wildman–Crippen MR) is 122 cm³/mol. The summed E-state index contributed by atoms with van der Waals surface area (Å²) >= 11 is 6.27. The van der Waals surface area contributed by atoms with Crippen LogP contribution in [0.1, 0.15) is 31.9 Å². The molecule has 2 rings (SSSR count). The Bertz CT molecular complexity index is 1050. The molecule has 178 valence electrons. The summed E-state index contributed by atoms with van der Waals surface area (Å²) in [5.41, 5.74) is -1.09. The average Bonchev–Trinajstić information content (AvgIpc) is 2.70. The van der Waals surface area contributed by atoms with E-state index in [1.54, 1.807) is 12.1 Å². The molecule has 0 fully saturated rings. The monoisotopic (exact) mass is 484 g/mol. The Hall–Kier alpha value is -3.20. The van der Waals surface area contributed by atoms with E-state index in [0.717, 1.165) is 18.2 Å². The van der Waals surface area contributed by atoms with E-state index < -0.39 is 29.2 Å². The number of rotatable bonds is 8. The maximum absolute atomic E-state index is 13.4. The summed E-state index contributed by atoms with van der Waals surface area (Å²) in [6.07, 6.45) is -2.29. The third kappa shape index (κ3) is 7.71. The van der Waals surface area contributed by atoms with Gasteiger partial charge in [-0.2, -0.15) is 13.2 Å². The van der Waals surface area contributed by atoms with E-state index >= 15 is 0 Å². The van der Waals surface area contributed by atoms with Crippen molar-refractivity contribution in [2.24, 2.45) is 5.92 Å². The Kier molecular flexibility index (Phi) is 8.76. The van der Waals surface area contributed by atoms with Gasteiger partial charge in [-0.3, -0.25) is 9.59 Å². The fourth-order valence-electron chi connectivity index (χ4n) is 2.74. The van der Waals surface area contributed by atoms with Crippen molar-refractivity contribution in [1.29, 1.82) is 0 Å². The van der Waals surface area contributed by atoms with Crippen molar-refractivity contribution < 1.29 is 32.2 Å². The average molecular weight is 485 g/mol. The van der Waals surface area contributed by atoms with Gasteiger partial charge in [0.25, 0.3) is 0 Å². The quantitative estimate of drug-likeness (QED) is 0.450. The smallest absolute Gasteiger partial charge is 0.418 e. The van der Waals surface area contributed by atoms with Gasteiger partial charge >= 0.3 is 6.18 Å². The zero-order valence-electron chi connectivity index (χ0n) is 18.5. The highest BCUT2D eigenvalue weighted by Gasteiger charge is 2.34. The molecule has 0 aromatic heterocycles. The van der Waals surface area contributed by atoms with Crippen molar-refractivity contribution in [2.45, 2.75) is 26.9 Å². The summed E-state index contributed by atoms with van der Waals surface area (Å²) in [7, 11) is 1.44. The molecule has 0 aliphatic heterocycles. The standard InChI is InChI=1S/C23H24ClF3N2O4/c1-13(2)12-33-22-18(24)9-15(10-20(22)32-4)5-8-21(31)29-19-7-6-16(28-14(3)30)11-17(19)23(25,26)27/h5-11,13H,12H2,1-4H3,(H,28,30)(H,29,31)/b8-5+. The van der Waals surface area contributed by atoms with E-state index in [1.807, 2.05) is 13.8 Å². The van der Waals surface area contributed by atoms with E-state index in [-0.39, 0.29) is 16.6 Å². The van der Waals surface area contributed by atoms with E-state index in [4.69, 9.17) is 21.1 Å². The lowest BCUT2D eigenvalue weighted by Gasteiger charge is -2.15. The first kappa shape index (κ1) is 26.1. The maximum Gasteiger partial charge on any atom is 0.418 e. The third-order valence-electron chi connectivity index (χ3n) is 4.14. The molecule has 0 atom stereocenters. The topological polar surface area (TPSA) is 76.7 Å². The summed E-state index contributed by atoms with van der Waals surface area (Å²) < 4.78 is 51.2. The van der Waals surface area contributed by atoms with Crippen molar-refractivity contribution >= 4 is 40.9 Å². The first-order valence-corrected chi connectivity index (χ1v) is 10.3. The van der Waals surface area contributed by atoms with Gasteiger partial charge in [0.05, 0.1) is 30.0 Å². The van der Waals surface area contributed by atoms with Crippen LogP contribution in [0.2, 0.25) is 5.02 Å². The minimum Gasteiger partial charge on any atom is -0.493 e. The van der Waals surface area contributed by atoms with Crippen molar-refractivity contribution in [2.75, 3.05) is 24.4 Å². The molecule has 10 heteroatoms. The van der Waals surface area contributed by atoms with Gasteiger partial charge in [0.2, 0.25) is 11.8 Å². The fourth-order valence-corrected chi connectivity index (χ4v) is 3.01. The highest BCUT2D eigenvalue weighted by molar-refractivity contribution is 6.32. The molecular formula is C23H24ClF3N2O4. The zero-order valence-corrected chi connectivity index (χ0v) is 19.2. The number of hydrogen-bond donors (Lipinski definition) is 2. The molecule has 0 saturated carbocycles. The van der Waals surface area contributed by atoms with Crippen LogP contribution in [0.5, 0.6) is 11.5 Å². The van der Waals surface area contributed by atoms with Crippen molar-refractivity contribution in [3.8, 4) is 11.5 Å². The van der Waals surface area contributed by atoms with Gasteiger partial charge in [-0.15, -0.1) is 0 Å². The number of carbonyl (C=O) groups is 2. The van der Waals surface area contributed by atoms with Crippen LogP contribution in [-0.2, 0) is 15.8 Å². The summed E-state index contributed by atoms with van der Waals surface area (Å²) in [5.74, 6) is -0.317. The van der Waals surface area contributed by atoms with Gasteiger partial charge in [-0.1, -0.05) is 25.4 Å². The van der Waals surface area contributed by atoms with Crippen LogP contribution in [-0.4, -0.2) is 25.5 Å². The normalized spacial score (nSPS) is 11.5. The van der Waals surface area contributed by atoms with Gasteiger partial charge in [0.1, 0.15) is 0 Å². The SMILES string of the molecule is COc1cc(/C=C/C(=O)Nc2ccc(NC(C)=O)cc2C(F)(F)F)cc(Cl)c1OCC(C)C. The Balaban J connectivity index is 2.23. The maximum atomic E-state index is 13.4. The van der Waals surface area contributed by atoms with Crippen LogP contribution in [0.15, 0.2) is 36.4 Å². The van der Waals surface area contributed by atoms with Crippen LogP contribution >= 0.6 is 11.6 Å². The number of benzene rings is 2. The van der Waals surface area contributed by atoms with Gasteiger partial charge < -0.3 is 20.1 Å². The number of methoxy groups -OCH3 is 1. The van der Waals surface area contributed by atoms with Crippen LogP contribution in [0.4, 0.5) is 24.5 Å². The lowest BCUT2D eigenvalue weighted by atomic mass is 10.1. The van der Waals surface area contributed by atoms with E-state index in [2.05, 4.69) is 10.6 Å². The molecule has 2 N–H and O–H groups in total. The van der Waals surface area contributed by atoms with E-state index in [0.29, 0.717) is 23.7 Å². The lowest BCUT2D eigenvalue weighted by Crippen LogP contribution is -2.16. The Morgan fingerprint density at radius 2 is 1.85 bits per heavy atom. The molecule has 2 aromatic carbocycles. The molecule has 0 bridgehead atoms. The summed E-state index contributed by atoms with van der Waals surface area (Å²) in [4.78, 5) is 23.4. The van der Waals surface area contributed by atoms with Crippen LogP contribution in [0.25, 0.3) is 6.08 Å². The molecule has 0 heterocycles. The second-order valence-electron chi connectivity index (χ2n) is 7.50. The number of ether oxygens (including phenoxy) is 2. The first-order valence-electron chi connectivity index (χ1n) is 9.89. The van der Waals surface area contributed by atoms with Crippen molar-refractivity contribution in [1.82, 2.24) is 0 Å². The highest BCUT2D eigenvalue weighted by Crippen LogP contribution is 2.38. The van der Waals surface area contributed by atoms with Crippen molar-refractivity contribution in [3.63, 3.8) is 0 Å². The number of halogens is 4. The summed E-state index contributed by atoms with van der Waals surface area (Å²) in [5, 5.41) is 4.75. The summed E-state index contributed by atoms with van der Waals surface area (Å²) in [6.45, 7) is 5.56. The third-order valence-corrected chi connectivity index (χ3v) is 4.42. The van der Waals surface area contributed by atoms with Crippen LogP contribution in [0, 0.1) is 5.92 Å². The molecule has 2 amide bonds. The van der Waals surface area contributed by atoms with Crippen LogP contribution in [0.3, 0.4) is 0 Å². The minimum atomic E-state index is -4.74. The molecule has 0 aliphatic carbocycles. The number of carbonyl (C=O) groups excluding carboxylic acids is 2. The Labute approximate surface area is 194 Å². The Morgan fingerprint density at radius 1 is 1.15 bits per heavy atom. The number of alkyl halides is 3. The van der Waals surface area contributed by atoms with E-state index in [1.165, 1.54) is 26.2 Å². The minimum absolute atomic E-state index is 0.0371. The largest absolute Gasteiger partial charge is 0.493 e. The molecule has 6 nitrogen and oxygen atoms in total. The van der Waals surface area contributed by atoms with E-state index in [9.17, 15) is 22.8 Å². The Morgan fingerprint density at radius 3 is 2.42 bits per heavy atom. The molecule has 33 heavy (non-hydrogen) atoms. The molecule has 0 unspecified atom stereocenters. The molecule has 0 aliphatic rings. The van der Waals surface area contributed by atoms with Gasteiger partial charge in [0, 0.05) is 18.7 Å². The second-order valence-corrected chi connectivity index (χ2v) is 7.91. The number of anilines is 2. The number of amides is 2. The number of nitrogens with one attached hydrogen (secondary N) is 2. The van der Waals surface area contributed by atoms with Gasteiger partial charge in [0.15, 0.2) is 11.5 Å². The molecule has 2 aromatic rings. The summed E-state index contributed by atoms with van der Waals surface area (Å²) in [6, 6.07) is 6.22. The van der Waals surface area contributed by atoms with Gasteiger partial charge in [-0.25, -0.2) is 0 Å². The zero-order chi connectivity index (χ0) is 24.8. The molecule has 0 saturated heterocycles. The predicted octanol–water partition coefficient (Wildman–Crippen LogP) is 6.01. The van der Waals surface area contributed by atoms with Crippen LogP contribution < -0.4 is 20.1 Å². The molecule has 0 spiro atoms. The van der Waals surface area contributed by atoms with Gasteiger partial charge in [-0.05, 0) is 47.9 Å². The first-order chi connectivity index (χ1) is 15.4. The molecular weight excluding hydrogens is 461 g/mol. The highest BCUT2D eigenvalue weighted by atomic mass is 35.5. The lowest BCUT2D eigenvalue weighted by molar-refractivity contribution is -0.137. The second kappa shape index (κ2) is 11.1.